The van der Waals surface area contributed by atoms with Crippen molar-refractivity contribution in [2.24, 2.45) is 0 Å². The lowest BCUT2D eigenvalue weighted by atomic mass is 10.4. The second-order valence-corrected chi connectivity index (χ2v) is 2.39. The number of anilines is 1. The third-order valence-electron chi connectivity index (χ3n) is 1.42. The molecule has 0 spiro atoms. The summed E-state index contributed by atoms with van der Waals surface area (Å²) in [5.41, 5.74) is 6.13. The third-order valence-corrected chi connectivity index (χ3v) is 1.42. The van der Waals surface area contributed by atoms with Crippen molar-refractivity contribution in [1.82, 2.24) is 0 Å². The van der Waals surface area contributed by atoms with Crippen molar-refractivity contribution in [2.75, 3.05) is 12.8 Å². The number of rotatable bonds is 2. The molecule has 64 valence electrons. The van der Waals surface area contributed by atoms with E-state index in [1.807, 2.05) is 0 Å². The molecule has 0 aliphatic rings. The first kappa shape index (κ1) is 8.52. The molecule has 1 rings (SSSR count). The number of carbonyl (C=O) groups excluding carboxylic acids is 1. The number of carbonyl (C=O) groups is 1. The first-order valence-electron chi connectivity index (χ1n) is 3.54. The van der Waals surface area contributed by atoms with E-state index in [1.54, 1.807) is 29.1 Å². The van der Waals surface area contributed by atoms with Gasteiger partial charge in [0, 0.05) is 6.07 Å². The Morgan fingerprint density at radius 3 is 3.08 bits per heavy atom. The van der Waals surface area contributed by atoms with Crippen molar-refractivity contribution in [3.63, 3.8) is 0 Å². The number of nitrogen functional groups attached to an aromatic ring is 1. The molecule has 0 unspecified atom stereocenters. The zero-order valence-electron chi connectivity index (χ0n) is 6.86. The van der Waals surface area contributed by atoms with Crippen LogP contribution < -0.4 is 10.3 Å². The van der Waals surface area contributed by atoms with E-state index < -0.39 is 0 Å². The Labute approximate surface area is 70.6 Å². The number of pyridine rings is 1. The molecule has 0 saturated heterocycles. The Hall–Kier alpha value is -1.58. The van der Waals surface area contributed by atoms with Gasteiger partial charge < -0.3 is 10.5 Å². The van der Waals surface area contributed by atoms with E-state index >= 15 is 0 Å². The maximum absolute atomic E-state index is 10.8. The maximum Gasteiger partial charge on any atom is 0.372 e. The minimum atomic E-state index is -0.286. The Balaban J connectivity index is 2.69. The van der Waals surface area contributed by atoms with Crippen LogP contribution in [-0.2, 0) is 16.1 Å². The van der Waals surface area contributed by atoms with E-state index in [0.717, 1.165) is 0 Å². The molecule has 12 heavy (non-hydrogen) atoms. The minimum Gasteiger partial charge on any atom is -0.464 e. The van der Waals surface area contributed by atoms with Crippen molar-refractivity contribution >= 4 is 11.7 Å². The number of methoxy groups -OCH3 is 1. The smallest absolute Gasteiger partial charge is 0.372 e. The summed E-state index contributed by atoms with van der Waals surface area (Å²) in [5.74, 6) is -0.286. The molecule has 0 atom stereocenters. The maximum atomic E-state index is 10.8. The van der Waals surface area contributed by atoms with Crippen molar-refractivity contribution in [2.45, 2.75) is 6.54 Å². The zero-order chi connectivity index (χ0) is 8.97. The van der Waals surface area contributed by atoms with Gasteiger partial charge in [0.05, 0.1) is 12.8 Å². The van der Waals surface area contributed by atoms with Gasteiger partial charge in [-0.05, 0) is 6.07 Å². The molecule has 4 heteroatoms. The molecule has 0 fully saturated rings. The Bertz CT molecular complexity index is 286. The molecule has 0 amide bonds. The van der Waals surface area contributed by atoms with Crippen LogP contribution in [-0.4, -0.2) is 13.1 Å². The van der Waals surface area contributed by atoms with Crippen LogP contribution >= 0.6 is 0 Å². The summed E-state index contributed by atoms with van der Waals surface area (Å²) in [5, 5.41) is 0. The Morgan fingerprint density at radius 2 is 2.50 bits per heavy atom. The lowest BCUT2D eigenvalue weighted by Crippen LogP contribution is -2.37. The molecule has 0 aliphatic heterocycles. The summed E-state index contributed by atoms with van der Waals surface area (Å²) >= 11 is 0. The average Bonchev–Trinajstić information content (AvgIpc) is 2.04. The van der Waals surface area contributed by atoms with E-state index in [0.29, 0.717) is 5.69 Å². The highest BCUT2D eigenvalue weighted by Gasteiger charge is 2.07. The van der Waals surface area contributed by atoms with Crippen LogP contribution in [0, 0.1) is 0 Å². The first-order chi connectivity index (χ1) is 5.72. The van der Waals surface area contributed by atoms with E-state index in [4.69, 9.17) is 5.73 Å². The van der Waals surface area contributed by atoms with Gasteiger partial charge in [-0.1, -0.05) is 0 Å². The number of ether oxygens (including phenoxy) is 1. The average molecular weight is 167 g/mol. The van der Waals surface area contributed by atoms with Gasteiger partial charge in [0.1, 0.15) is 0 Å². The number of hydrogen-bond acceptors (Lipinski definition) is 3. The van der Waals surface area contributed by atoms with E-state index in [1.165, 1.54) is 7.11 Å². The summed E-state index contributed by atoms with van der Waals surface area (Å²) in [4.78, 5) is 10.8. The fourth-order valence-corrected chi connectivity index (χ4v) is 0.854. The third kappa shape index (κ3) is 2.23. The minimum absolute atomic E-state index is 0.196. The number of nitrogens with two attached hydrogens (primary N) is 1. The molecule has 4 nitrogen and oxygen atoms in total. The fourth-order valence-electron chi connectivity index (χ4n) is 0.854. The quantitative estimate of drug-likeness (QED) is 0.487. The van der Waals surface area contributed by atoms with Gasteiger partial charge in [-0.15, -0.1) is 0 Å². The molecule has 0 aliphatic carbocycles. The Kier molecular flexibility index (Phi) is 2.63. The largest absolute Gasteiger partial charge is 0.464 e. The van der Waals surface area contributed by atoms with Gasteiger partial charge in [0.15, 0.2) is 12.4 Å². The molecule has 0 aromatic carbocycles. The molecule has 1 aromatic rings. The predicted molar refractivity (Wildman–Crippen MR) is 43.1 cm³/mol. The first-order valence-corrected chi connectivity index (χ1v) is 3.54. The Morgan fingerprint density at radius 1 is 1.75 bits per heavy atom. The topological polar surface area (TPSA) is 56.2 Å². The second kappa shape index (κ2) is 3.71. The fraction of sp³-hybridized carbons (Fsp3) is 0.250. The predicted octanol–water partition coefficient (Wildman–Crippen LogP) is -0.271. The monoisotopic (exact) mass is 167 g/mol. The lowest BCUT2D eigenvalue weighted by molar-refractivity contribution is -0.685. The van der Waals surface area contributed by atoms with Gasteiger partial charge >= 0.3 is 5.97 Å². The van der Waals surface area contributed by atoms with Gasteiger partial charge in [-0.2, -0.15) is 4.57 Å². The van der Waals surface area contributed by atoms with Crippen LogP contribution in [0.25, 0.3) is 0 Å². The molecule has 1 heterocycles. The number of hydrogen-bond donors (Lipinski definition) is 1. The highest BCUT2D eigenvalue weighted by Crippen LogP contribution is 1.92. The molecule has 1 aromatic heterocycles. The van der Waals surface area contributed by atoms with Crippen molar-refractivity contribution in [3.05, 3.63) is 24.5 Å². The molecular weight excluding hydrogens is 156 g/mol. The summed E-state index contributed by atoms with van der Waals surface area (Å²) in [7, 11) is 1.36. The zero-order valence-corrected chi connectivity index (χ0v) is 6.86. The van der Waals surface area contributed by atoms with Gasteiger partial charge in [-0.3, -0.25) is 0 Å². The van der Waals surface area contributed by atoms with Gasteiger partial charge in [0.2, 0.25) is 6.54 Å². The summed E-state index contributed by atoms with van der Waals surface area (Å²) < 4.78 is 6.16. The normalized spacial score (nSPS) is 9.42. The molecule has 0 saturated carbocycles. The summed E-state index contributed by atoms with van der Waals surface area (Å²) in [6.07, 6.45) is 3.43. The van der Waals surface area contributed by atoms with Gasteiger partial charge in [0.25, 0.3) is 0 Å². The van der Waals surface area contributed by atoms with Crippen molar-refractivity contribution in [1.29, 1.82) is 0 Å². The van der Waals surface area contributed by atoms with E-state index in [2.05, 4.69) is 4.74 Å². The summed E-state index contributed by atoms with van der Waals surface area (Å²) in [6.45, 7) is 0.196. The number of nitrogens with zero attached hydrogens (tertiary/aromatic N) is 1. The van der Waals surface area contributed by atoms with Crippen LogP contribution in [0.2, 0.25) is 0 Å². The van der Waals surface area contributed by atoms with Gasteiger partial charge in [-0.25, -0.2) is 4.79 Å². The number of aromatic nitrogens is 1. The van der Waals surface area contributed by atoms with Crippen LogP contribution in [0.3, 0.4) is 0 Å². The van der Waals surface area contributed by atoms with Crippen LogP contribution in [0.1, 0.15) is 0 Å². The molecule has 0 bridgehead atoms. The standard InChI is InChI=1S/C8H11N2O2/c1-12-8(11)6-10-4-2-3-7(9)5-10/h2-5H,6,9H2,1H3/q+1. The lowest BCUT2D eigenvalue weighted by Gasteiger charge is -1.95. The SMILES string of the molecule is COC(=O)C[n+]1cccc(N)c1. The van der Waals surface area contributed by atoms with Crippen LogP contribution in [0.15, 0.2) is 24.5 Å². The molecule has 2 N–H and O–H groups in total. The summed E-state index contributed by atoms with van der Waals surface area (Å²) in [6, 6.07) is 3.53. The second-order valence-electron chi connectivity index (χ2n) is 2.39. The van der Waals surface area contributed by atoms with Crippen molar-refractivity contribution < 1.29 is 14.1 Å². The number of esters is 1. The molecular formula is C8H11N2O2+. The molecule has 0 radical (unpaired) electrons. The van der Waals surface area contributed by atoms with Crippen molar-refractivity contribution in [3.8, 4) is 0 Å². The van der Waals surface area contributed by atoms with Crippen LogP contribution in [0.5, 0.6) is 0 Å². The van der Waals surface area contributed by atoms with Crippen LogP contribution in [0.4, 0.5) is 5.69 Å². The van der Waals surface area contributed by atoms with E-state index in [9.17, 15) is 4.79 Å². The van der Waals surface area contributed by atoms with E-state index in [-0.39, 0.29) is 12.5 Å². The highest BCUT2D eigenvalue weighted by atomic mass is 16.5. The highest BCUT2D eigenvalue weighted by molar-refractivity contribution is 5.67.